The first-order valence-electron chi connectivity index (χ1n) is 10.6. The van der Waals surface area contributed by atoms with Gasteiger partial charge in [0, 0.05) is 19.6 Å². The molecular weight excluding hydrogens is 426 g/mol. The Labute approximate surface area is 192 Å². The van der Waals surface area contributed by atoms with Crippen LogP contribution < -0.4 is 10.6 Å². The molecule has 0 saturated carbocycles. The van der Waals surface area contributed by atoms with Crippen molar-refractivity contribution in [3.05, 3.63) is 59.7 Å². The molecule has 3 N–H and O–H groups in total. The molecule has 0 radical (unpaired) electrons. The topological polar surface area (TPSA) is 117 Å². The molecule has 33 heavy (non-hydrogen) atoms. The Morgan fingerprint density at radius 2 is 1.55 bits per heavy atom. The number of methoxy groups -OCH3 is 1. The van der Waals surface area contributed by atoms with Crippen LogP contribution in [0.15, 0.2) is 48.5 Å². The molecule has 0 bridgehead atoms. The third-order valence-electron chi connectivity index (χ3n) is 5.45. The van der Waals surface area contributed by atoms with Crippen LogP contribution in [-0.4, -0.2) is 81.0 Å². The quantitative estimate of drug-likeness (QED) is 0.499. The van der Waals surface area contributed by atoms with Crippen molar-refractivity contribution in [2.24, 2.45) is 0 Å². The molecule has 0 spiro atoms. The molecule has 2 aromatic rings. The number of carboxylic acids is 1. The summed E-state index contributed by atoms with van der Waals surface area (Å²) in [7, 11) is 4.82. The number of benzene rings is 2. The van der Waals surface area contributed by atoms with Crippen molar-refractivity contribution in [3.63, 3.8) is 0 Å². The number of amides is 2. The fourth-order valence-electron chi connectivity index (χ4n) is 3.96. The lowest BCUT2D eigenvalue weighted by molar-refractivity contribution is -0.143. The maximum atomic E-state index is 12.7. The number of alkyl carbamates (subject to hydrolysis) is 1. The molecule has 1 unspecified atom stereocenters. The number of rotatable bonds is 10. The lowest BCUT2D eigenvalue weighted by atomic mass is 9.98. The maximum absolute atomic E-state index is 12.7. The van der Waals surface area contributed by atoms with Gasteiger partial charge in [-0.2, -0.15) is 0 Å². The summed E-state index contributed by atoms with van der Waals surface area (Å²) in [6, 6.07) is 13.8. The molecule has 2 aromatic carbocycles. The number of fused-ring (bicyclic) bond motifs is 3. The summed E-state index contributed by atoms with van der Waals surface area (Å²) in [5, 5.41) is 14.2. The van der Waals surface area contributed by atoms with E-state index in [-0.39, 0.29) is 25.7 Å². The average molecular weight is 456 g/mol. The van der Waals surface area contributed by atoms with Gasteiger partial charge in [-0.1, -0.05) is 48.5 Å². The summed E-state index contributed by atoms with van der Waals surface area (Å²) in [5.41, 5.74) is 4.39. The zero-order valence-corrected chi connectivity index (χ0v) is 18.9. The number of hydrogen-bond acceptors (Lipinski definition) is 6. The summed E-state index contributed by atoms with van der Waals surface area (Å²) in [5.74, 6) is -1.97. The van der Waals surface area contributed by atoms with Gasteiger partial charge in [-0.05, 0) is 36.3 Å². The van der Waals surface area contributed by atoms with Gasteiger partial charge < -0.3 is 30.1 Å². The number of hydrogen-bond donors (Lipinski definition) is 3. The van der Waals surface area contributed by atoms with Crippen LogP contribution in [0.3, 0.4) is 0 Å². The van der Waals surface area contributed by atoms with Crippen LogP contribution in [0.25, 0.3) is 11.1 Å². The van der Waals surface area contributed by atoms with Crippen LogP contribution in [0.4, 0.5) is 4.79 Å². The zero-order chi connectivity index (χ0) is 24.0. The average Bonchev–Trinajstić information content (AvgIpc) is 3.10. The van der Waals surface area contributed by atoms with E-state index in [1.165, 1.54) is 7.11 Å². The first-order valence-corrected chi connectivity index (χ1v) is 10.6. The smallest absolute Gasteiger partial charge is 0.407 e. The van der Waals surface area contributed by atoms with Crippen LogP contribution in [-0.2, 0) is 19.1 Å². The van der Waals surface area contributed by atoms with E-state index in [2.05, 4.69) is 10.6 Å². The largest absolute Gasteiger partial charge is 0.480 e. The van der Waals surface area contributed by atoms with Crippen LogP contribution >= 0.6 is 0 Å². The van der Waals surface area contributed by atoms with Crippen molar-refractivity contribution in [2.75, 3.05) is 41.0 Å². The summed E-state index contributed by atoms with van der Waals surface area (Å²) in [6.07, 6.45) is -0.752. The second kappa shape index (κ2) is 10.9. The molecule has 0 fully saturated rings. The van der Waals surface area contributed by atoms with Crippen LogP contribution in [0.2, 0.25) is 0 Å². The highest BCUT2D eigenvalue weighted by atomic mass is 16.5. The fraction of sp³-hybridized carbons (Fsp3) is 0.375. The van der Waals surface area contributed by atoms with E-state index in [0.717, 1.165) is 22.3 Å². The van der Waals surface area contributed by atoms with Gasteiger partial charge in [0.1, 0.15) is 12.6 Å². The number of carboxylic acid groups (broad SMARTS) is 1. The molecule has 2 amide bonds. The summed E-state index contributed by atoms with van der Waals surface area (Å²) < 4.78 is 10.4. The minimum Gasteiger partial charge on any atom is -0.480 e. The van der Waals surface area contributed by atoms with Gasteiger partial charge in [-0.25, -0.2) is 9.59 Å². The molecule has 1 aliphatic rings. The van der Waals surface area contributed by atoms with E-state index in [4.69, 9.17) is 9.47 Å². The fourth-order valence-corrected chi connectivity index (χ4v) is 3.96. The second-order valence-corrected chi connectivity index (χ2v) is 8.14. The lowest BCUT2D eigenvalue weighted by Gasteiger charge is -2.24. The van der Waals surface area contributed by atoms with Gasteiger partial charge in [0.05, 0.1) is 6.61 Å². The van der Waals surface area contributed by atoms with Crippen molar-refractivity contribution in [3.8, 4) is 11.1 Å². The predicted octanol–water partition coefficient (Wildman–Crippen LogP) is 1.67. The van der Waals surface area contributed by atoms with Gasteiger partial charge >= 0.3 is 12.1 Å². The third kappa shape index (κ3) is 5.88. The Bertz CT molecular complexity index is 964. The molecule has 0 saturated heterocycles. The number of likely N-dealkylation sites (N-methyl/N-ethyl adjacent to an activating group) is 1. The van der Waals surface area contributed by atoms with Gasteiger partial charge in [0.2, 0.25) is 5.91 Å². The Morgan fingerprint density at radius 3 is 2.06 bits per heavy atom. The predicted molar refractivity (Wildman–Crippen MR) is 122 cm³/mol. The standard InChI is InChI=1S/C24H29N3O6/c1-27(2)12-20(22(28)25-21(14-32-3)23(29)30)26-24(31)33-13-19-17-10-6-4-8-15(17)16-9-5-7-11-18(16)19/h4-11,19-21H,12-14H2,1-3H3,(H,25,28)(H,26,31)(H,29,30)/t20?,21-/m0/s1. The Balaban J connectivity index is 1.66. The molecule has 0 heterocycles. The molecule has 9 nitrogen and oxygen atoms in total. The number of ether oxygens (including phenoxy) is 2. The highest BCUT2D eigenvalue weighted by Gasteiger charge is 2.31. The highest BCUT2D eigenvalue weighted by Crippen LogP contribution is 2.44. The number of carbonyl (C=O) groups is 3. The number of carbonyl (C=O) groups excluding carboxylic acids is 2. The molecule has 2 atom stereocenters. The Morgan fingerprint density at radius 1 is 0.970 bits per heavy atom. The zero-order valence-electron chi connectivity index (χ0n) is 18.9. The van der Waals surface area contributed by atoms with Gasteiger partial charge in [-0.3, -0.25) is 4.79 Å². The van der Waals surface area contributed by atoms with E-state index in [9.17, 15) is 19.5 Å². The SMILES string of the molecule is COC[C@H](NC(=O)C(CN(C)C)NC(=O)OCC1c2ccccc2-c2ccccc21)C(=O)O. The highest BCUT2D eigenvalue weighted by molar-refractivity contribution is 5.89. The van der Waals surface area contributed by atoms with Crippen LogP contribution in [0.1, 0.15) is 17.0 Å². The van der Waals surface area contributed by atoms with Crippen LogP contribution in [0, 0.1) is 0 Å². The molecule has 3 rings (SSSR count). The van der Waals surface area contributed by atoms with E-state index >= 15 is 0 Å². The number of aliphatic carboxylic acids is 1. The summed E-state index contributed by atoms with van der Waals surface area (Å²) >= 11 is 0. The van der Waals surface area contributed by atoms with Crippen molar-refractivity contribution in [2.45, 2.75) is 18.0 Å². The normalized spacial score (nSPS) is 14.2. The van der Waals surface area contributed by atoms with Crippen molar-refractivity contribution in [1.82, 2.24) is 15.5 Å². The maximum Gasteiger partial charge on any atom is 0.407 e. The Hall–Kier alpha value is -3.43. The number of nitrogens with one attached hydrogen (secondary N) is 2. The number of nitrogens with zero attached hydrogens (tertiary/aromatic N) is 1. The van der Waals surface area contributed by atoms with Crippen LogP contribution in [0.5, 0.6) is 0 Å². The lowest BCUT2D eigenvalue weighted by Crippen LogP contribution is -2.56. The van der Waals surface area contributed by atoms with E-state index in [1.807, 2.05) is 48.5 Å². The summed E-state index contributed by atoms with van der Waals surface area (Å²) in [4.78, 5) is 38.3. The first-order chi connectivity index (χ1) is 15.8. The Kier molecular flexibility index (Phi) is 8.02. The monoisotopic (exact) mass is 455 g/mol. The molecule has 9 heteroatoms. The van der Waals surface area contributed by atoms with E-state index < -0.39 is 30.1 Å². The molecule has 1 aliphatic carbocycles. The minimum atomic E-state index is -1.23. The van der Waals surface area contributed by atoms with Crippen molar-refractivity contribution < 1.29 is 29.0 Å². The van der Waals surface area contributed by atoms with Gasteiger partial charge in [-0.15, -0.1) is 0 Å². The summed E-state index contributed by atoms with van der Waals surface area (Å²) in [6.45, 7) is 0.0770. The molecule has 0 aromatic heterocycles. The van der Waals surface area contributed by atoms with Gasteiger partial charge in [0.25, 0.3) is 0 Å². The minimum absolute atomic E-state index is 0.109. The molecular formula is C24H29N3O6. The first kappa shape index (κ1) is 24.2. The van der Waals surface area contributed by atoms with E-state index in [1.54, 1.807) is 19.0 Å². The second-order valence-electron chi connectivity index (χ2n) is 8.14. The van der Waals surface area contributed by atoms with Crippen molar-refractivity contribution >= 4 is 18.0 Å². The molecule has 176 valence electrons. The molecule has 0 aliphatic heterocycles. The van der Waals surface area contributed by atoms with Crippen molar-refractivity contribution in [1.29, 1.82) is 0 Å². The van der Waals surface area contributed by atoms with E-state index in [0.29, 0.717) is 0 Å². The van der Waals surface area contributed by atoms with Gasteiger partial charge in [0.15, 0.2) is 6.04 Å². The third-order valence-corrected chi connectivity index (χ3v) is 5.45.